The lowest BCUT2D eigenvalue weighted by atomic mass is 10.1. The van der Waals surface area contributed by atoms with Crippen LogP contribution in [-0.2, 0) is 4.74 Å². The van der Waals surface area contributed by atoms with Crippen molar-refractivity contribution in [3.05, 3.63) is 0 Å². The van der Waals surface area contributed by atoms with Crippen LogP contribution in [0.4, 0.5) is 0 Å². The summed E-state index contributed by atoms with van der Waals surface area (Å²) >= 11 is 0. The van der Waals surface area contributed by atoms with Crippen molar-refractivity contribution in [2.75, 3.05) is 54.0 Å². The molecule has 1 rings (SSSR count). The van der Waals surface area contributed by atoms with Crippen LogP contribution in [0.3, 0.4) is 0 Å². The normalized spacial score (nSPS) is 27.0. The second kappa shape index (κ2) is 8.10. The maximum absolute atomic E-state index is 5.05. The average molecular weight is 257 g/mol. The number of nitrogens with one attached hydrogen (secondary N) is 1. The van der Waals surface area contributed by atoms with Gasteiger partial charge >= 0.3 is 0 Å². The Morgan fingerprint density at radius 2 is 2.11 bits per heavy atom. The predicted molar refractivity (Wildman–Crippen MR) is 77.0 cm³/mol. The molecule has 0 aromatic heterocycles. The van der Waals surface area contributed by atoms with Gasteiger partial charge in [-0.1, -0.05) is 6.92 Å². The van der Waals surface area contributed by atoms with E-state index in [1.54, 1.807) is 7.11 Å². The summed E-state index contributed by atoms with van der Waals surface area (Å²) in [4.78, 5) is 4.97. The van der Waals surface area contributed by atoms with E-state index >= 15 is 0 Å². The molecule has 0 radical (unpaired) electrons. The Balaban J connectivity index is 2.20. The van der Waals surface area contributed by atoms with Crippen LogP contribution in [0, 0.1) is 5.92 Å². The van der Waals surface area contributed by atoms with Crippen LogP contribution in [0.2, 0.25) is 0 Å². The molecule has 0 amide bonds. The minimum atomic E-state index is 0.625. The first-order valence-electron chi connectivity index (χ1n) is 7.16. The van der Waals surface area contributed by atoms with E-state index in [4.69, 9.17) is 4.74 Å². The number of rotatable bonds is 8. The summed E-state index contributed by atoms with van der Waals surface area (Å²) in [5, 5.41) is 3.52. The molecule has 3 unspecified atom stereocenters. The number of nitrogens with zero attached hydrogens (tertiary/aromatic N) is 2. The van der Waals surface area contributed by atoms with Gasteiger partial charge in [0.25, 0.3) is 0 Å². The fraction of sp³-hybridized carbons (Fsp3) is 1.00. The summed E-state index contributed by atoms with van der Waals surface area (Å²) in [6.45, 7) is 10.1. The number of hydrogen-bond donors (Lipinski definition) is 1. The first kappa shape index (κ1) is 15.9. The van der Waals surface area contributed by atoms with E-state index in [1.165, 1.54) is 13.1 Å². The Hall–Kier alpha value is -0.160. The summed E-state index contributed by atoms with van der Waals surface area (Å²) in [6, 6.07) is 1.33. The second-order valence-electron chi connectivity index (χ2n) is 5.86. The maximum atomic E-state index is 5.05. The van der Waals surface area contributed by atoms with E-state index in [0.717, 1.165) is 32.0 Å². The van der Waals surface area contributed by atoms with Crippen molar-refractivity contribution in [2.24, 2.45) is 5.92 Å². The fourth-order valence-electron chi connectivity index (χ4n) is 2.80. The van der Waals surface area contributed by atoms with E-state index in [-0.39, 0.29) is 0 Å². The molecule has 108 valence electrons. The van der Waals surface area contributed by atoms with Crippen molar-refractivity contribution in [3.8, 4) is 0 Å². The predicted octanol–water partition coefficient (Wildman–Crippen LogP) is 0.883. The van der Waals surface area contributed by atoms with Crippen LogP contribution in [0.15, 0.2) is 0 Å². The third-order valence-electron chi connectivity index (χ3n) is 4.03. The monoisotopic (exact) mass is 257 g/mol. The highest BCUT2D eigenvalue weighted by molar-refractivity contribution is 4.89. The van der Waals surface area contributed by atoms with E-state index in [9.17, 15) is 0 Å². The van der Waals surface area contributed by atoms with Gasteiger partial charge in [0.15, 0.2) is 0 Å². The van der Waals surface area contributed by atoms with Gasteiger partial charge in [-0.2, -0.15) is 0 Å². The zero-order valence-electron chi connectivity index (χ0n) is 12.8. The van der Waals surface area contributed by atoms with Crippen LogP contribution in [-0.4, -0.2) is 75.9 Å². The fourth-order valence-corrected chi connectivity index (χ4v) is 2.80. The molecular formula is C14H31N3O. The van der Waals surface area contributed by atoms with Gasteiger partial charge in [-0.05, 0) is 39.9 Å². The van der Waals surface area contributed by atoms with E-state index < -0.39 is 0 Å². The molecule has 1 aliphatic rings. The Morgan fingerprint density at radius 3 is 2.67 bits per heavy atom. The van der Waals surface area contributed by atoms with Gasteiger partial charge < -0.3 is 15.0 Å². The molecule has 0 bridgehead atoms. The highest BCUT2D eigenvalue weighted by Gasteiger charge is 2.32. The Bertz CT molecular complexity index is 223. The highest BCUT2D eigenvalue weighted by atomic mass is 16.5. The Kier molecular flexibility index (Phi) is 7.15. The average Bonchev–Trinajstić information content (AvgIpc) is 2.71. The third-order valence-corrected chi connectivity index (χ3v) is 4.03. The molecule has 0 aliphatic carbocycles. The smallest absolute Gasteiger partial charge is 0.0474 e. The largest absolute Gasteiger partial charge is 0.385 e. The van der Waals surface area contributed by atoms with Gasteiger partial charge in [-0.3, -0.25) is 4.90 Å². The van der Waals surface area contributed by atoms with Gasteiger partial charge in [0.2, 0.25) is 0 Å². The van der Waals surface area contributed by atoms with E-state index in [0.29, 0.717) is 12.1 Å². The second-order valence-corrected chi connectivity index (χ2v) is 5.86. The minimum Gasteiger partial charge on any atom is -0.385 e. The first-order valence-corrected chi connectivity index (χ1v) is 7.16. The van der Waals surface area contributed by atoms with Gasteiger partial charge in [0.1, 0.15) is 0 Å². The molecule has 4 nitrogen and oxygen atoms in total. The lowest BCUT2D eigenvalue weighted by Crippen LogP contribution is -2.41. The quantitative estimate of drug-likeness (QED) is 0.654. The molecule has 0 aromatic rings. The maximum Gasteiger partial charge on any atom is 0.0474 e. The molecule has 0 saturated carbocycles. The molecule has 1 heterocycles. The number of likely N-dealkylation sites (tertiary alicyclic amines) is 1. The molecule has 4 heteroatoms. The lowest BCUT2D eigenvalue weighted by Gasteiger charge is -2.26. The highest BCUT2D eigenvalue weighted by Crippen LogP contribution is 2.21. The van der Waals surface area contributed by atoms with Crippen LogP contribution in [0.5, 0.6) is 0 Å². The first-order chi connectivity index (χ1) is 8.56. The number of methoxy groups -OCH3 is 1. The van der Waals surface area contributed by atoms with Crippen molar-refractivity contribution in [1.29, 1.82) is 0 Å². The van der Waals surface area contributed by atoms with Crippen molar-refractivity contribution in [3.63, 3.8) is 0 Å². The standard InChI is InChI=1S/C14H31N3O/c1-12-10-17(11-14(12)16(3)4)13(2)9-15-7-6-8-18-5/h12-15H,6-11H2,1-5H3. The van der Waals surface area contributed by atoms with E-state index in [1.807, 2.05) is 0 Å². The zero-order chi connectivity index (χ0) is 13.5. The molecule has 3 atom stereocenters. The van der Waals surface area contributed by atoms with Crippen molar-refractivity contribution < 1.29 is 4.74 Å². The van der Waals surface area contributed by atoms with Crippen molar-refractivity contribution >= 4 is 0 Å². The molecule has 1 saturated heterocycles. The van der Waals surface area contributed by atoms with Crippen molar-refractivity contribution in [2.45, 2.75) is 32.4 Å². The number of ether oxygens (including phenoxy) is 1. The molecule has 1 N–H and O–H groups in total. The number of likely N-dealkylation sites (N-methyl/N-ethyl adjacent to an activating group) is 1. The van der Waals surface area contributed by atoms with Crippen molar-refractivity contribution in [1.82, 2.24) is 15.1 Å². The Labute approximate surface area is 113 Å². The van der Waals surface area contributed by atoms with Crippen LogP contribution in [0.1, 0.15) is 20.3 Å². The molecule has 1 fully saturated rings. The zero-order valence-corrected chi connectivity index (χ0v) is 12.8. The van der Waals surface area contributed by atoms with Gasteiger partial charge in [-0.25, -0.2) is 0 Å². The topological polar surface area (TPSA) is 27.7 Å². The third kappa shape index (κ3) is 4.84. The number of hydrogen-bond acceptors (Lipinski definition) is 4. The van der Waals surface area contributed by atoms with Crippen LogP contribution in [0.25, 0.3) is 0 Å². The SMILES string of the molecule is COCCCNCC(C)N1CC(C)C(N(C)C)C1. The summed E-state index contributed by atoms with van der Waals surface area (Å²) in [5.74, 6) is 0.774. The summed E-state index contributed by atoms with van der Waals surface area (Å²) < 4.78 is 5.05. The lowest BCUT2D eigenvalue weighted by molar-refractivity contribution is 0.190. The summed E-state index contributed by atoms with van der Waals surface area (Å²) in [7, 11) is 6.15. The van der Waals surface area contributed by atoms with E-state index in [2.05, 4.69) is 43.1 Å². The molecular weight excluding hydrogens is 226 g/mol. The summed E-state index contributed by atoms with van der Waals surface area (Å²) in [6.07, 6.45) is 1.10. The van der Waals surface area contributed by atoms with Gasteiger partial charge in [-0.15, -0.1) is 0 Å². The van der Waals surface area contributed by atoms with Gasteiger partial charge in [0, 0.05) is 45.4 Å². The molecule has 18 heavy (non-hydrogen) atoms. The van der Waals surface area contributed by atoms with Crippen LogP contribution >= 0.6 is 0 Å². The summed E-state index contributed by atoms with van der Waals surface area (Å²) in [5.41, 5.74) is 0. The molecule has 0 spiro atoms. The van der Waals surface area contributed by atoms with Crippen LogP contribution < -0.4 is 5.32 Å². The minimum absolute atomic E-state index is 0.625. The molecule has 0 aromatic carbocycles. The molecule has 1 aliphatic heterocycles. The van der Waals surface area contributed by atoms with Gasteiger partial charge in [0.05, 0.1) is 0 Å². The Morgan fingerprint density at radius 1 is 1.39 bits per heavy atom.